The van der Waals surface area contributed by atoms with Gasteiger partial charge in [-0.25, -0.2) is 8.78 Å². The standard InChI is InChI=1S/C8H17F2NO2/c1-6(8(9)10)11-4-3-7(12)5-13-2/h6-8,11-12H,3-5H2,1-2H3. The van der Waals surface area contributed by atoms with E-state index < -0.39 is 18.6 Å². The van der Waals surface area contributed by atoms with E-state index in [4.69, 9.17) is 5.11 Å². The maximum absolute atomic E-state index is 12.0. The fraction of sp³-hybridized carbons (Fsp3) is 1.00. The number of halogens is 2. The molecule has 0 amide bonds. The molecule has 0 aliphatic rings. The number of alkyl halides is 2. The summed E-state index contributed by atoms with van der Waals surface area (Å²) in [6.07, 6.45) is -2.52. The number of methoxy groups -OCH3 is 1. The molecule has 0 aromatic carbocycles. The first-order chi connectivity index (χ1) is 6.07. The third-order valence-corrected chi connectivity index (χ3v) is 1.68. The zero-order valence-electron chi connectivity index (χ0n) is 7.96. The lowest BCUT2D eigenvalue weighted by Gasteiger charge is -2.14. The SMILES string of the molecule is COCC(O)CCNC(C)C(F)F. The molecule has 0 radical (unpaired) electrons. The van der Waals surface area contributed by atoms with Gasteiger partial charge in [0.05, 0.1) is 18.8 Å². The summed E-state index contributed by atoms with van der Waals surface area (Å²) < 4.78 is 28.6. The van der Waals surface area contributed by atoms with E-state index >= 15 is 0 Å². The predicted molar refractivity (Wildman–Crippen MR) is 46.0 cm³/mol. The number of ether oxygens (including phenoxy) is 1. The predicted octanol–water partition coefficient (Wildman–Crippen LogP) is 0.627. The lowest BCUT2D eigenvalue weighted by Crippen LogP contribution is -2.35. The van der Waals surface area contributed by atoms with Crippen LogP contribution >= 0.6 is 0 Å². The largest absolute Gasteiger partial charge is 0.391 e. The maximum atomic E-state index is 12.0. The molecule has 0 aliphatic carbocycles. The number of aliphatic hydroxyl groups is 1. The lowest BCUT2D eigenvalue weighted by molar-refractivity contribution is 0.0555. The highest BCUT2D eigenvalue weighted by Crippen LogP contribution is 1.99. The van der Waals surface area contributed by atoms with Crippen LogP contribution in [0.3, 0.4) is 0 Å². The second-order valence-electron chi connectivity index (χ2n) is 2.98. The molecule has 0 aliphatic heterocycles. The van der Waals surface area contributed by atoms with E-state index in [0.29, 0.717) is 13.0 Å². The number of hydrogen-bond acceptors (Lipinski definition) is 3. The molecule has 5 heteroatoms. The Morgan fingerprint density at radius 2 is 2.08 bits per heavy atom. The molecule has 0 fully saturated rings. The molecule has 0 spiro atoms. The van der Waals surface area contributed by atoms with Crippen molar-refractivity contribution < 1.29 is 18.6 Å². The summed E-state index contributed by atoms with van der Waals surface area (Å²) in [5.41, 5.74) is 0. The van der Waals surface area contributed by atoms with Gasteiger partial charge in [-0.1, -0.05) is 0 Å². The highest BCUT2D eigenvalue weighted by Gasteiger charge is 2.13. The Balaban J connectivity index is 3.33. The van der Waals surface area contributed by atoms with Gasteiger partial charge in [-0.05, 0) is 19.9 Å². The average Bonchev–Trinajstić information content (AvgIpc) is 2.04. The Hall–Kier alpha value is -0.260. The van der Waals surface area contributed by atoms with Crippen molar-refractivity contribution in [1.29, 1.82) is 0 Å². The summed E-state index contributed by atoms with van der Waals surface area (Å²) in [6.45, 7) is 2.02. The van der Waals surface area contributed by atoms with Gasteiger partial charge in [0.2, 0.25) is 0 Å². The minimum Gasteiger partial charge on any atom is -0.391 e. The first-order valence-electron chi connectivity index (χ1n) is 4.26. The first kappa shape index (κ1) is 12.7. The number of rotatable bonds is 7. The van der Waals surface area contributed by atoms with Crippen LogP contribution in [0.5, 0.6) is 0 Å². The Labute approximate surface area is 77.1 Å². The molecule has 2 N–H and O–H groups in total. The molecule has 2 unspecified atom stereocenters. The number of hydrogen-bond donors (Lipinski definition) is 2. The summed E-state index contributed by atoms with van der Waals surface area (Å²) in [4.78, 5) is 0. The van der Waals surface area contributed by atoms with Crippen molar-refractivity contribution in [1.82, 2.24) is 5.32 Å². The number of aliphatic hydroxyl groups excluding tert-OH is 1. The molecule has 0 saturated carbocycles. The molecule has 13 heavy (non-hydrogen) atoms. The molecule has 2 atom stereocenters. The third kappa shape index (κ3) is 6.86. The third-order valence-electron chi connectivity index (χ3n) is 1.68. The van der Waals surface area contributed by atoms with Gasteiger partial charge in [-0.15, -0.1) is 0 Å². The zero-order chi connectivity index (χ0) is 10.3. The van der Waals surface area contributed by atoms with Crippen molar-refractivity contribution in [2.24, 2.45) is 0 Å². The van der Waals surface area contributed by atoms with E-state index in [1.54, 1.807) is 0 Å². The molecule has 0 bridgehead atoms. The van der Waals surface area contributed by atoms with Gasteiger partial charge in [0, 0.05) is 7.11 Å². The summed E-state index contributed by atoms with van der Waals surface area (Å²) >= 11 is 0. The molecule has 0 aromatic rings. The van der Waals surface area contributed by atoms with Gasteiger partial charge in [-0.3, -0.25) is 0 Å². The molecule has 3 nitrogen and oxygen atoms in total. The summed E-state index contributed by atoms with van der Waals surface area (Å²) in [7, 11) is 1.48. The van der Waals surface area contributed by atoms with E-state index in [1.165, 1.54) is 14.0 Å². The van der Waals surface area contributed by atoms with E-state index in [0.717, 1.165) is 0 Å². The van der Waals surface area contributed by atoms with Crippen molar-refractivity contribution >= 4 is 0 Å². The normalized spacial score (nSPS) is 16.2. The van der Waals surface area contributed by atoms with Crippen LogP contribution in [0.2, 0.25) is 0 Å². The van der Waals surface area contributed by atoms with Crippen LogP contribution in [0.25, 0.3) is 0 Å². The molecule has 0 saturated heterocycles. The Morgan fingerprint density at radius 3 is 2.54 bits per heavy atom. The van der Waals surface area contributed by atoms with Gasteiger partial charge in [-0.2, -0.15) is 0 Å². The molecular weight excluding hydrogens is 180 g/mol. The van der Waals surface area contributed by atoms with Gasteiger partial charge in [0.15, 0.2) is 0 Å². The van der Waals surface area contributed by atoms with Gasteiger partial charge in [0.25, 0.3) is 6.43 Å². The van der Waals surface area contributed by atoms with Crippen molar-refractivity contribution in [2.45, 2.75) is 31.9 Å². The topological polar surface area (TPSA) is 41.5 Å². The second-order valence-corrected chi connectivity index (χ2v) is 2.98. The minimum atomic E-state index is -2.36. The van der Waals surface area contributed by atoms with Crippen LogP contribution in [0, 0.1) is 0 Å². The van der Waals surface area contributed by atoms with Crippen molar-refractivity contribution in [2.75, 3.05) is 20.3 Å². The van der Waals surface area contributed by atoms with Crippen molar-refractivity contribution in [3.05, 3.63) is 0 Å². The van der Waals surface area contributed by atoms with Crippen LogP contribution in [0.15, 0.2) is 0 Å². The van der Waals surface area contributed by atoms with Crippen LogP contribution in [0.1, 0.15) is 13.3 Å². The fourth-order valence-electron chi connectivity index (χ4n) is 0.842. The monoisotopic (exact) mass is 197 g/mol. The average molecular weight is 197 g/mol. The summed E-state index contributed by atoms with van der Waals surface area (Å²) in [6, 6.07) is -0.824. The zero-order valence-corrected chi connectivity index (χ0v) is 7.96. The van der Waals surface area contributed by atoms with Crippen LogP contribution in [-0.4, -0.2) is 43.9 Å². The second kappa shape index (κ2) is 7.17. The van der Waals surface area contributed by atoms with E-state index in [2.05, 4.69) is 10.1 Å². The quantitative estimate of drug-likeness (QED) is 0.629. The Morgan fingerprint density at radius 1 is 1.46 bits per heavy atom. The summed E-state index contributed by atoms with van der Waals surface area (Å²) in [5, 5.41) is 11.8. The molecular formula is C8H17F2NO2. The van der Waals surface area contributed by atoms with E-state index in [-0.39, 0.29) is 6.61 Å². The van der Waals surface area contributed by atoms with Crippen LogP contribution < -0.4 is 5.32 Å². The number of nitrogens with one attached hydrogen (secondary N) is 1. The van der Waals surface area contributed by atoms with Crippen molar-refractivity contribution in [3.63, 3.8) is 0 Å². The fourth-order valence-corrected chi connectivity index (χ4v) is 0.842. The van der Waals surface area contributed by atoms with Crippen LogP contribution in [0.4, 0.5) is 8.78 Å². The molecule has 0 heterocycles. The first-order valence-corrected chi connectivity index (χ1v) is 4.26. The minimum absolute atomic E-state index is 0.241. The van der Waals surface area contributed by atoms with Crippen LogP contribution in [-0.2, 0) is 4.74 Å². The van der Waals surface area contributed by atoms with Gasteiger partial charge >= 0.3 is 0 Å². The highest BCUT2D eigenvalue weighted by molar-refractivity contribution is 4.64. The van der Waals surface area contributed by atoms with Gasteiger partial charge < -0.3 is 15.2 Å². The van der Waals surface area contributed by atoms with Crippen molar-refractivity contribution in [3.8, 4) is 0 Å². The van der Waals surface area contributed by atoms with Gasteiger partial charge in [0.1, 0.15) is 0 Å². The maximum Gasteiger partial charge on any atom is 0.253 e. The Kier molecular flexibility index (Phi) is 7.03. The van der Waals surface area contributed by atoms with E-state index in [1.807, 2.05) is 0 Å². The molecule has 0 aromatic heterocycles. The van der Waals surface area contributed by atoms with E-state index in [9.17, 15) is 8.78 Å². The molecule has 0 rings (SSSR count). The highest BCUT2D eigenvalue weighted by atomic mass is 19.3. The smallest absolute Gasteiger partial charge is 0.253 e. The summed E-state index contributed by atoms with van der Waals surface area (Å²) in [5.74, 6) is 0. The lowest BCUT2D eigenvalue weighted by atomic mass is 10.2. The molecule has 80 valence electrons. The Bertz CT molecular complexity index is 125.